The van der Waals surface area contributed by atoms with Gasteiger partial charge in [0.15, 0.2) is 0 Å². The lowest BCUT2D eigenvalue weighted by molar-refractivity contribution is -0.121. The molecule has 0 aromatic carbocycles. The van der Waals surface area contributed by atoms with Gasteiger partial charge in [0.1, 0.15) is 5.78 Å². The monoisotopic (exact) mass is 505 g/mol. The standard InChI is InChI=1S/C34H65O2/c1-3-5-7-9-11-13-15-17-18-19-21-23-25-27-29-31-34(36)33(32-35)30-28-26-24-22-20-16-14-12-10-8-6-4-2/h33H,3-31H2,1-2H3. The molecule has 0 saturated heterocycles. The predicted molar refractivity (Wildman–Crippen MR) is 159 cm³/mol. The fourth-order valence-corrected chi connectivity index (χ4v) is 5.32. The quantitative estimate of drug-likeness (QED) is 0.0693. The maximum Gasteiger partial charge on any atom is 0.209 e. The van der Waals surface area contributed by atoms with E-state index in [0.717, 1.165) is 32.1 Å². The van der Waals surface area contributed by atoms with Crippen LogP contribution in [0.15, 0.2) is 0 Å². The van der Waals surface area contributed by atoms with Gasteiger partial charge in [-0.15, -0.1) is 0 Å². The molecular weight excluding hydrogens is 440 g/mol. The van der Waals surface area contributed by atoms with Gasteiger partial charge in [0.05, 0.1) is 5.92 Å². The normalized spacial score (nSPS) is 12.2. The van der Waals surface area contributed by atoms with Crippen LogP contribution >= 0.6 is 0 Å². The van der Waals surface area contributed by atoms with E-state index in [-0.39, 0.29) is 5.78 Å². The summed E-state index contributed by atoms with van der Waals surface area (Å²) in [5.41, 5.74) is 0. The first-order chi connectivity index (χ1) is 17.8. The Balaban J connectivity index is 3.41. The van der Waals surface area contributed by atoms with Gasteiger partial charge in [-0.05, 0) is 12.8 Å². The van der Waals surface area contributed by atoms with Crippen molar-refractivity contribution in [2.24, 2.45) is 5.92 Å². The zero-order valence-electron chi connectivity index (χ0n) is 24.9. The largest absolute Gasteiger partial charge is 0.299 e. The topological polar surface area (TPSA) is 34.1 Å². The molecule has 0 heterocycles. The van der Waals surface area contributed by atoms with Gasteiger partial charge in [-0.25, -0.2) is 0 Å². The summed E-state index contributed by atoms with van der Waals surface area (Å²) in [6, 6.07) is 0. The van der Waals surface area contributed by atoms with Crippen LogP contribution in [0.4, 0.5) is 0 Å². The van der Waals surface area contributed by atoms with Crippen LogP contribution in [0.25, 0.3) is 0 Å². The van der Waals surface area contributed by atoms with Crippen LogP contribution < -0.4 is 0 Å². The molecule has 0 aromatic rings. The summed E-state index contributed by atoms with van der Waals surface area (Å²) in [6.07, 6.45) is 39.1. The van der Waals surface area contributed by atoms with Crippen molar-refractivity contribution in [3.63, 3.8) is 0 Å². The zero-order chi connectivity index (χ0) is 26.4. The van der Waals surface area contributed by atoms with Crippen LogP contribution in [-0.2, 0) is 9.59 Å². The molecule has 0 N–H and O–H groups in total. The summed E-state index contributed by atoms with van der Waals surface area (Å²) < 4.78 is 0. The van der Waals surface area contributed by atoms with Crippen LogP contribution in [-0.4, -0.2) is 12.1 Å². The number of Topliss-reactive ketones (excluding diaryl/α,β-unsaturated/α-hetero) is 1. The lowest BCUT2D eigenvalue weighted by atomic mass is 9.94. The molecule has 0 rings (SSSR count). The summed E-state index contributed by atoms with van der Waals surface area (Å²) >= 11 is 0. The van der Waals surface area contributed by atoms with Crippen molar-refractivity contribution in [1.29, 1.82) is 0 Å². The van der Waals surface area contributed by atoms with Gasteiger partial charge >= 0.3 is 0 Å². The molecule has 0 aliphatic rings. The Labute approximate surface area is 227 Å². The van der Waals surface area contributed by atoms with Gasteiger partial charge < -0.3 is 0 Å². The van der Waals surface area contributed by atoms with E-state index in [1.54, 1.807) is 0 Å². The molecule has 0 fully saturated rings. The SMILES string of the molecule is CCCCCCCCCCCCCCCCCC(=O)C([C]=O)CCCCCCCCCCCCCC. The highest BCUT2D eigenvalue weighted by atomic mass is 16.1. The highest BCUT2D eigenvalue weighted by Crippen LogP contribution is 2.17. The first kappa shape index (κ1) is 35.3. The smallest absolute Gasteiger partial charge is 0.209 e. The Bertz CT molecular complexity index is 444. The number of hydrogen-bond acceptors (Lipinski definition) is 2. The number of carbonyl (C=O) groups is 1. The van der Waals surface area contributed by atoms with Crippen molar-refractivity contribution in [2.75, 3.05) is 0 Å². The van der Waals surface area contributed by atoms with E-state index in [4.69, 9.17) is 0 Å². The maximum absolute atomic E-state index is 12.4. The molecule has 36 heavy (non-hydrogen) atoms. The summed E-state index contributed by atoms with van der Waals surface area (Å²) in [7, 11) is 0. The van der Waals surface area contributed by atoms with Gasteiger partial charge in [0.25, 0.3) is 0 Å². The fraction of sp³-hybridized carbons (Fsp3) is 0.941. The van der Waals surface area contributed by atoms with Crippen molar-refractivity contribution >= 4 is 12.1 Å². The minimum Gasteiger partial charge on any atom is -0.299 e. The maximum atomic E-state index is 12.4. The highest BCUT2D eigenvalue weighted by molar-refractivity contribution is 5.93. The number of hydrogen-bond donors (Lipinski definition) is 0. The molecule has 2 nitrogen and oxygen atoms in total. The summed E-state index contributed by atoms with van der Waals surface area (Å²) in [6.45, 7) is 4.55. The number of unbranched alkanes of at least 4 members (excludes halogenated alkanes) is 25. The van der Waals surface area contributed by atoms with E-state index in [9.17, 15) is 9.59 Å². The minimum absolute atomic E-state index is 0.141. The lowest BCUT2D eigenvalue weighted by Gasteiger charge is -2.09. The molecule has 0 saturated carbocycles. The Morgan fingerprint density at radius 3 is 1.03 bits per heavy atom. The minimum atomic E-state index is -0.459. The van der Waals surface area contributed by atoms with Crippen molar-refractivity contribution < 1.29 is 9.59 Å². The molecule has 1 radical (unpaired) electrons. The van der Waals surface area contributed by atoms with E-state index < -0.39 is 5.92 Å². The fourth-order valence-electron chi connectivity index (χ4n) is 5.32. The number of carbonyl (C=O) groups excluding carboxylic acids is 2. The van der Waals surface area contributed by atoms with E-state index in [1.807, 2.05) is 6.29 Å². The van der Waals surface area contributed by atoms with Crippen molar-refractivity contribution in [2.45, 2.75) is 200 Å². The lowest BCUT2D eigenvalue weighted by Crippen LogP contribution is -2.15. The van der Waals surface area contributed by atoms with Gasteiger partial charge in [0.2, 0.25) is 6.29 Å². The third-order valence-corrected chi connectivity index (χ3v) is 7.90. The molecule has 0 amide bonds. The van der Waals surface area contributed by atoms with Crippen molar-refractivity contribution in [3.05, 3.63) is 0 Å². The van der Waals surface area contributed by atoms with Gasteiger partial charge in [-0.1, -0.05) is 181 Å². The Morgan fingerprint density at radius 1 is 0.444 bits per heavy atom. The molecule has 1 unspecified atom stereocenters. The van der Waals surface area contributed by atoms with Gasteiger partial charge in [0, 0.05) is 6.42 Å². The van der Waals surface area contributed by atoms with Gasteiger partial charge in [-0.2, -0.15) is 0 Å². The Hall–Kier alpha value is -0.660. The molecule has 0 aliphatic heterocycles. The summed E-state index contributed by atoms with van der Waals surface area (Å²) in [5, 5.41) is 0. The van der Waals surface area contributed by atoms with E-state index >= 15 is 0 Å². The molecule has 0 spiro atoms. The van der Waals surface area contributed by atoms with Crippen LogP contribution in [0.2, 0.25) is 0 Å². The molecule has 1 atom stereocenters. The van der Waals surface area contributed by atoms with Crippen LogP contribution in [0.1, 0.15) is 200 Å². The summed E-state index contributed by atoms with van der Waals surface area (Å²) in [5.74, 6) is -0.317. The van der Waals surface area contributed by atoms with Crippen LogP contribution in [0, 0.1) is 5.92 Å². The molecule has 0 bridgehead atoms. The van der Waals surface area contributed by atoms with Crippen molar-refractivity contribution in [3.8, 4) is 0 Å². The molecular formula is C34H65O2. The van der Waals surface area contributed by atoms with Crippen LogP contribution in [0.5, 0.6) is 0 Å². The molecule has 213 valence electrons. The Morgan fingerprint density at radius 2 is 0.722 bits per heavy atom. The average Bonchev–Trinajstić information content (AvgIpc) is 2.89. The van der Waals surface area contributed by atoms with Gasteiger partial charge in [-0.3, -0.25) is 9.59 Å². The predicted octanol–water partition coefficient (Wildman–Crippen LogP) is 11.6. The first-order valence-electron chi connectivity index (χ1n) is 16.7. The van der Waals surface area contributed by atoms with Crippen molar-refractivity contribution in [1.82, 2.24) is 0 Å². The van der Waals surface area contributed by atoms with Crippen LogP contribution in [0.3, 0.4) is 0 Å². The Kier molecular flexibility index (Phi) is 30.0. The third-order valence-electron chi connectivity index (χ3n) is 7.90. The number of rotatable bonds is 31. The first-order valence-corrected chi connectivity index (χ1v) is 16.7. The van der Waals surface area contributed by atoms with E-state index in [2.05, 4.69) is 13.8 Å². The second kappa shape index (κ2) is 30.6. The zero-order valence-corrected chi connectivity index (χ0v) is 24.9. The molecule has 2 heteroatoms. The number of ketones is 1. The molecule has 0 aromatic heterocycles. The van der Waals surface area contributed by atoms with E-state index in [0.29, 0.717) is 6.42 Å². The third kappa shape index (κ3) is 26.4. The van der Waals surface area contributed by atoms with E-state index in [1.165, 1.54) is 148 Å². The summed E-state index contributed by atoms with van der Waals surface area (Å²) in [4.78, 5) is 23.7. The second-order valence-corrected chi connectivity index (χ2v) is 11.5. The average molecular weight is 506 g/mol. The molecule has 0 aliphatic carbocycles. The second-order valence-electron chi connectivity index (χ2n) is 11.5. The highest BCUT2D eigenvalue weighted by Gasteiger charge is 2.17.